The number of nitrogens with one attached hydrogen (secondary N) is 2. The zero-order chi connectivity index (χ0) is 13.8. The van der Waals surface area contributed by atoms with Crippen LogP contribution in [0.3, 0.4) is 0 Å². The lowest BCUT2D eigenvalue weighted by Gasteiger charge is -2.06. The highest BCUT2D eigenvalue weighted by Crippen LogP contribution is 2.24. The minimum atomic E-state index is -0.238. The summed E-state index contributed by atoms with van der Waals surface area (Å²) in [6, 6.07) is 1.85. The first kappa shape index (κ1) is 13.6. The van der Waals surface area contributed by atoms with Crippen LogP contribution >= 0.6 is 11.8 Å². The summed E-state index contributed by atoms with van der Waals surface area (Å²) in [6.45, 7) is 4.79. The van der Waals surface area contributed by atoms with Gasteiger partial charge in [-0.2, -0.15) is 0 Å². The number of H-pyrrole nitrogens is 1. The first-order chi connectivity index (χ1) is 9.10. The second kappa shape index (κ2) is 5.87. The molecule has 0 fully saturated rings. The average Bonchev–Trinajstić information content (AvgIpc) is 2.68. The van der Waals surface area contributed by atoms with Gasteiger partial charge in [0.2, 0.25) is 0 Å². The average molecular weight is 280 g/mol. The molecular weight excluding hydrogens is 264 g/mol. The van der Waals surface area contributed by atoms with Gasteiger partial charge in [-0.3, -0.25) is 4.57 Å². The number of aryl methyl sites for hydroxylation is 1. The van der Waals surface area contributed by atoms with Crippen molar-refractivity contribution in [3.63, 3.8) is 0 Å². The van der Waals surface area contributed by atoms with Crippen molar-refractivity contribution in [1.82, 2.24) is 24.7 Å². The molecular formula is C11H16N6OS. The van der Waals surface area contributed by atoms with Crippen LogP contribution in [0.25, 0.3) is 0 Å². The highest BCUT2D eigenvalue weighted by molar-refractivity contribution is 7.99. The zero-order valence-corrected chi connectivity index (χ0v) is 11.9. The first-order valence-corrected chi connectivity index (χ1v) is 6.80. The van der Waals surface area contributed by atoms with E-state index in [0.717, 1.165) is 23.8 Å². The molecule has 2 N–H and O–H groups in total. The van der Waals surface area contributed by atoms with Crippen LogP contribution < -0.4 is 11.0 Å². The number of aromatic amines is 1. The maximum atomic E-state index is 11.3. The molecule has 0 radical (unpaired) electrons. The predicted octanol–water partition coefficient (Wildman–Crippen LogP) is 1.18. The van der Waals surface area contributed by atoms with Crippen LogP contribution in [0.5, 0.6) is 0 Å². The van der Waals surface area contributed by atoms with Crippen molar-refractivity contribution in [1.29, 1.82) is 0 Å². The van der Waals surface area contributed by atoms with Gasteiger partial charge in [-0.05, 0) is 25.1 Å². The fraction of sp³-hybridized carbons (Fsp3) is 0.455. The Morgan fingerprint density at radius 3 is 2.89 bits per heavy atom. The molecule has 0 spiro atoms. The molecule has 0 atom stereocenters. The van der Waals surface area contributed by atoms with Crippen LogP contribution in [0.2, 0.25) is 0 Å². The van der Waals surface area contributed by atoms with Crippen LogP contribution in [-0.2, 0) is 7.05 Å². The number of anilines is 1. The van der Waals surface area contributed by atoms with Crippen molar-refractivity contribution >= 4 is 17.6 Å². The topological polar surface area (TPSA) is 88.5 Å². The van der Waals surface area contributed by atoms with Crippen LogP contribution in [0.15, 0.2) is 21.0 Å². The van der Waals surface area contributed by atoms with Gasteiger partial charge in [-0.25, -0.2) is 19.9 Å². The van der Waals surface area contributed by atoms with Crippen molar-refractivity contribution in [2.45, 2.75) is 30.5 Å². The Bertz CT molecular complexity index is 620. The summed E-state index contributed by atoms with van der Waals surface area (Å²) in [6.07, 6.45) is 1.03. The zero-order valence-electron chi connectivity index (χ0n) is 11.1. The fourth-order valence-corrected chi connectivity index (χ4v) is 2.30. The molecule has 0 aliphatic heterocycles. The van der Waals surface area contributed by atoms with Crippen LogP contribution in [-0.4, -0.2) is 31.3 Å². The van der Waals surface area contributed by atoms with Gasteiger partial charge in [0.25, 0.3) is 0 Å². The van der Waals surface area contributed by atoms with Crippen molar-refractivity contribution in [2.75, 3.05) is 11.9 Å². The van der Waals surface area contributed by atoms with Crippen LogP contribution in [0.4, 0.5) is 5.82 Å². The summed E-state index contributed by atoms with van der Waals surface area (Å²) in [7, 11) is 1.67. The monoisotopic (exact) mass is 280 g/mol. The Hall–Kier alpha value is -1.83. The van der Waals surface area contributed by atoms with E-state index in [9.17, 15) is 4.79 Å². The summed E-state index contributed by atoms with van der Waals surface area (Å²) < 4.78 is 1.45. The summed E-state index contributed by atoms with van der Waals surface area (Å²) in [5.41, 5.74) is -0.238. The van der Waals surface area contributed by atoms with Gasteiger partial charge >= 0.3 is 5.69 Å². The van der Waals surface area contributed by atoms with E-state index in [4.69, 9.17) is 0 Å². The lowest BCUT2D eigenvalue weighted by Crippen LogP contribution is -2.12. The molecule has 0 aliphatic rings. The molecule has 102 valence electrons. The molecule has 0 amide bonds. The molecule has 2 aromatic rings. The SMILES string of the molecule is CCCNc1cc(Sc2n[nH]c(=O)n2C)nc(C)n1. The van der Waals surface area contributed by atoms with Gasteiger partial charge in [-0.15, -0.1) is 5.10 Å². The predicted molar refractivity (Wildman–Crippen MR) is 73.5 cm³/mol. The lowest BCUT2D eigenvalue weighted by molar-refractivity contribution is 0.764. The van der Waals surface area contributed by atoms with E-state index in [0.29, 0.717) is 11.0 Å². The van der Waals surface area contributed by atoms with E-state index in [-0.39, 0.29) is 5.69 Å². The molecule has 0 unspecified atom stereocenters. The largest absolute Gasteiger partial charge is 0.370 e. The van der Waals surface area contributed by atoms with E-state index >= 15 is 0 Å². The number of hydrogen-bond acceptors (Lipinski definition) is 6. The lowest BCUT2D eigenvalue weighted by atomic mass is 10.4. The Kier molecular flexibility index (Phi) is 4.20. The molecule has 8 heteroatoms. The van der Waals surface area contributed by atoms with Crippen molar-refractivity contribution in [2.24, 2.45) is 7.05 Å². The van der Waals surface area contributed by atoms with Gasteiger partial charge in [0, 0.05) is 19.7 Å². The molecule has 0 saturated heterocycles. The smallest absolute Gasteiger partial charge is 0.343 e. The van der Waals surface area contributed by atoms with Gasteiger partial charge in [-0.1, -0.05) is 6.92 Å². The quantitative estimate of drug-likeness (QED) is 0.800. The third-order valence-electron chi connectivity index (χ3n) is 2.41. The molecule has 0 aliphatic carbocycles. The second-order valence-electron chi connectivity index (χ2n) is 4.04. The Morgan fingerprint density at radius 1 is 1.47 bits per heavy atom. The molecule has 2 rings (SSSR count). The van der Waals surface area contributed by atoms with E-state index in [2.05, 4.69) is 32.4 Å². The Morgan fingerprint density at radius 2 is 2.26 bits per heavy atom. The summed E-state index contributed by atoms with van der Waals surface area (Å²) in [4.78, 5) is 19.9. The second-order valence-corrected chi connectivity index (χ2v) is 5.03. The van der Waals surface area contributed by atoms with Gasteiger partial charge in [0.1, 0.15) is 16.7 Å². The standard InChI is InChI=1S/C11H16N6OS/c1-4-5-12-8-6-9(14-7(2)13-8)19-11-16-15-10(18)17(11)3/h6H,4-5H2,1-3H3,(H,15,18)(H,12,13,14). The molecule has 0 aromatic carbocycles. The number of hydrogen-bond donors (Lipinski definition) is 2. The summed E-state index contributed by atoms with van der Waals surface area (Å²) >= 11 is 1.33. The minimum absolute atomic E-state index is 0.238. The molecule has 7 nitrogen and oxygen atoms in total. The summed E-state index contributed by atoms with van der Waals surface area (Å²) in [5.74, 6) is 1.47. The van der Waals surface area contributed by atoms with Gasteiger partial charge in [0.15, 0.2) is 5.16 Å². The van der Waals surface area contributed by atoms with E-state index in [1.807, 2.05) is 13.0 Å². The van der Waals surface area contributed by atoms with Crippen molar-refractivity contribution in [3.8, 4) is 0 Å². The Balaban J connectivity index is 2.22. The van der Waals surface area contributed by atoms with E-state index in [1.54, 1.807) is 7.05 Å². The maximum absolute atomic E-state index is 11.3. The van der Waals surface area contributed by atoms with Crippen molar-refractivity contribution < 1.29 is 0 Å². The van der Waals surface area contributed by atoms with Gasteiger partial charge in [0.05, 0.1) is 0 Å². The number of nitrogens with zero attached hydrogens (tertiary/aromatic N) is 4. The van der Waals surface area contributed by atoms with Gasteiger partial charge < -0.3 is 5.32 Å². The maximum Gasteiger partial charge on any atom is 0.343 e. The summed E-state index contributed by atoms with van der Waals surface area (Å²) in [5, 5.41) is 10.9. The molecule has 0 saturated carbocycles. The highest BCUT2D eigenvalue weighted by Gasteiger charge is 2.09. The normalized spacial score (nSPS) is 10.7. The highest BCUT2D eigenvalue weighted by atomic mass is 32.2. The first-order valence-electron chi connectivity index (χ1n) is 5.99. The third kappa shape index (κ3) is 3.34. The van der Waals surface area contributed by atoms with Crippen LogP contribution in [0, 0.1) is 6.92 Å². The Labute approximate surface area is 114 Å². The molecule has 2 aromatic heterocycles. The fourth-order valence-electron chi connectivity index (χ4n) is 1.45. The van der Waals surface area contributed by atoms with E-state index in [1.165, 1.54) is 16.3 Å². The number of rotatable bonds is 5. The third-order valence-corrected chi connectivity index (χ3v) is 3.37. The molecule has 0 bridgehead atoms. The van der Waals surface area contributed by atoms with Crippen molar-refractivity contribution in [3.05, 3.63) is 22.4 Å². The number of aromatic nitrogens is 5. The van der Waals surface area contributed by atoms with E-state index < -0.39 is 0 Å². The molecule has 2 heterocycles. The minimum Gasteiger partial charge on any atom is -0.370 e. The van der Waals surface area contributed by atoms with Crippen LogP contribution in [0.1, 0.15) is 19.2 Å². The molecule has 19 heavy (non-hydrogen) atoms.